The molecule has 0 unspecified atom stereocenters. The van der Waals surface area contributed by atoms with Gasteiger partial charge in [-0.25, -0.2) is 9.80 Å². The molecule has 1 aliphatic heterocycles. The average Bonchev–Trinajstić information content (AvgIpc) is 2.65. The van der Waals surface area contributed by atoms with Gasteiger partial charge in [0, 0.05) is 6.07 Å². The Labute approximate surface area is 101 Å². The van der Waals surface area contributed by atoms with Crippen molar-refractivity contribution < 1.29 is 14.5 Å². The van der Waals surface area contributed by atoms with Crippen LogP contribution in [0.15, 0.2) is 29.4 Å². The van der Waals surface area contributed by atoms with Gasteiger partial charge in [0.1, 0.15) is 6.54 Å². The van der Waals surface area contributed by atoms with Crippen LogP contribution in [0.5, 0.6) is 0 Å². The lowest BCUT2D eigenvalue weighted by molar-refractivity contribution is -0.385. The maximum atomic E-state index is 11.2. The van der Waals surface area contributed by atoms with Gasteiger partial charge < -0.3 is 0 Å². The monoisotopic (exact) mass is 248 g/mol. The first-order valence-corrected chi connectivity index (χ1v) is 4.96. The van der Waals surface area contributed by atoms with Crippen molar-refractivity contribution in [3.05, 3.63) is 39.9 Å². The molecule has 2 rings (SSSR count). The second-order valence-electron chi connectivity index (χ2n) is 3.47. The van der Waals surface area contributed by atoms with Gasteiger partial charge in [-0.3, -0.25) is 20.2 Å². The van der Waals surface area contributed by atoms with E-state index in [0.29, 0.717) is 0 Å². The SMILES string of the molecule is O=C1CN(/N=C/c2ccccc2[N+](=O)[O-])C(=O)N1. The molecule has 1 saturated heterocycles. The average molecular weight is 248 g/mol. The largest absolute Gasteiger partial charge is 0.344 e. The fourth-order valence-corrected chi connectivity index (χ4v) is 1.42. The van der Waals surface area contributed by atoms with Crippen LogP contribution < -0.4 is 5.32 Å². The van der Waals surface area contributed by atoms with E-state index in [9.17, 15) is 19.7 Å². The summed E-state index contributed by atoms with van der Waals surface area (Å²) in [6, 6.07) is 5.33. The number of nitrogens with zero attached hydrogens (tertiary/aromatic N) is 3. The lowest BCUT2D eigenvalue weighted by Gasteiger charge is -2.04. The molecule has 1 aliphatic rings. The maximum Gasteiger partial charge on any atom is 0.344 e. The number of para-hydroxylation sites is 1. The summed E-state index contributed by atoms with van der Waals surface area (Å²) in [5.41, 5.74) is 0.141. The number of urea groups is 1. The van der Waals surface area contributed by atoms with Crippen LogP contribution in [-0.4, -0.2) is 34.6 Å². The number of hydrogen-bond donors (Lipinski definition) is 1. The van der Waals surface area contributed by atoms with Gasteiger partial charge in [-0.2, -0.15) is 5.10 Å². The zero-order chi connectivity index (χ0) is 13.1. The summed E-state index contributed by atoms with van der Waals surface area (Å²) in [4.78, 5) is 32.3. The second kappa shape index (κ2) is 4.62. The van der Waals surface area contributed by atoms with Gasteiger partial charge in [0.2, 0.25) is 5.91 Å². The zero-order valence-electron chi connectivity index (χ0n) is 9.07. The molecule has 1 N–H and O–H groups in total. The first-order chi connectivity index (χ1) is 8.58. The number of nitro groups is 1. The van der Waals surface area contributed by atoms with Crippen LogP contribution in [0.4, 0.5) is 10.5 Å². The van der Waals surface area contributed by atoms with Crippen LogP contribution in [0.25, 0.3) is 0 Å². The lowest BCUT2D eigenvalue weighted by Crippen LogP contribution is -2.24. The summed E-state index contributed by atoms with van der Waals surface area (Å²) in [6.45, 7) is -0.185. The molecule has 18 heavy (non-hydrogen) atoms. The number of carbonyl (C=O) groups is 2. The highest BCUT2D eigenvalue weighted by molar-refractivity contribution is 6.02. The van der Waals surface area contributed by atoms with Crippen LogP contribution in [0.1, 0.15) is 5.56 Å². The molecular weight excluding hydrogens is 240 g/mol. The molecule has 0 saturated carbocycles. The van der Waals surface area contributed by atoms with Crippen molar-refractivity contribution in [1.82, 2.24) is 10.3 Å². The normalized spacial score (nSPS) is 15.2. The predicted octanol–water partition coefficient (Wildman–Crippen LogP) is 0.480. The third-order valence-corrected chi connectivity index (χ3v) is 2.24. The van der Waals surface area contributed by atoms with E-state index in [-0.39, 0.29) is 17.8 Å². The van der Waals surface area contributed by atoms with Crippen molar-refractivity contribution in [1.29, 1.82) is 0 Å². The number of amides is 3. The van der Waals surface area contributed by atoms with E-state index in [2.05, 4.69) is 5.10 Å². The maximum absolute atomic E-state index is 11.2. The number of hydrogen-bond acceptors (Lipinski definition) is 5. The van der Waals surface area contributed by atoms with Crippen LogP contribution in [0, 0.1) is 10.1 Å². The summed E-state index contributed by atoms with van der Waals surface area (Å²) in [5, 5.41) is 17.4. The summed E-state index contributed by atoms with van der Waals surface area (Å²) >= 11 is 0. The molecule has 8 heteroatoms. The van der Waals surface area contributed by atoms with E-state index in [0.717, 1.165) is 5.01 Å². The third-order valence-electron chi connectivity index (χ3n) is 2.24. The van der Waals surface area contributed by atoms with Crippen molar-refractivity contribution in [3.8, 4) is 0 Å². The fraction of sp³-hybridized carbons (Fsp3) is 0.100. The molecule has 0 atom stereocenters. The molecule has 0 bridgehead atoms. The highest BCUT2D eigenvalue weighted by atomic mass is 16.6. The molecule has 3 amide bonds. The minimum atomic E-state index is -0.644. The Balaban J connectivity index is 2.21. The lowest BCUT2D eigenvalue weighted by atomic mass is 10.2. The standard InChI is InChI=1S/C10H8N4O4/c15-9-6-13(10(16)12-9)11-5-7-3-1-2-4-8(7)14(17)18/h1-5H,6H2,(H,12,15,16)/b11-5+. The quantitative estimate of drug-likeness (QED) is 0.363. The predicted molar refractivity (Wildman–Crippen MR) is 60.9 cm³/mol. The Morgan fingerprint density at radius 2 is 2.11 bits per heavy atom. The van der Waals surface area contributed by atoms with Crippen LogP contribution in [0.3, 0.4) is 0 Å². The summed E-state index contributed by atoms with van der Waals surface area (Å²) in [5.74, 6) is -0.459. The van der Waals surface area contributed by atoms with Crippen molar-refractivity contribution in [2.24, 2.45) is 5.10 Å². The van der Waals surface area contributed by atoms with Crippen LogP contribution in [0.2, 0.25) is 0 Å². The fourth-order valence-electron chi connectivity index (χ4n) is 1.42. The van der Waals surface area contributed by atoms with Crippen LogP contribution >= 0.6 is 0 Å². The molecule has 8 nitrogen and oxygen atoms in total. The number of hydrazone groups is 1. The second-order valence-corrected chi connectivity index (χ2v) is 3.47. The zero-order valence-corrected chi connectivity index (χ0v) is 9.07. The molecule has 1 heterocycles. The van der Waals surface area contributed by atoms with E-state index >= 15 is 0 Å². The summed E-state index contributed by atoms with van der Waals surface area (Å²) < 4.78 is 0. The topological polar surface area (TPSA) is 105 Å². The Morgan fingerprint density at radius 3 is 2.72 bits per heavy atom. The molecule has 0 spiro atoms. The van der Waals surface area contributed by atoms with Gasteiger partial charge in [0.15, 0.2) is 0 Å². The Kier molecular flexibility index (Phi) is 3.00. The van der Waals surface area contributed by atoms with E-state index in [4.69, 9.17) is 0 Å². The number of rotatable bonds is 3. The molecule has 0 aromatic heterocycles. The Bertz CT molecular complexity index is 555. The van der Waals surface area contributed by atoms with Crippen LogP contribution in [-0.2, 0) is 4.79 Å². The highest BCUT2D eigenvalue weighted by Gasteiger charge is 2.26. The number of nitro benzene ring substituents is 1. The smallest absolute Gasteiger partial charge is 0.275 e. The first-order valence-electron chi connectivity index (χ1n) is 4.96. The molecule has 1 fully saturated rings. The molecule has 1 aromatic rings. The molecule has 92 valence electrons. The van der Waals surface area contributed by atoms with Gasteiger partial charge in [-0.1, -0.05) is 12.1 Å². The van der Waals surface area contributed by atoms with E-state index in [1.54, 1.807) is 6.07 Å². The Hall–Kier alpha value is -2.77. The number of nitrogens with one attached hydrogen (secondary N) is 1. The Morgan fingerprint density at radius 1 is 1.39 bits per heavy atom. The van der Waals surface area contributed by atoms with Crippen molar-refractivity contribution in [3.63, 3.8) is 0 Å². The summed E-state index contributed by atoms with van der Waals surface area (Å²) in [7, 11) is 0. The van der Waals surface area contributed by atoms with Gasteiger partial charge >= 0.3 is 6.03 Å². The van der Waals surface area contributed by atoms with Gasteiger partial charge in [-0.05, 0) is 6.07 Å². The van der Waals surface area contributed by atoms with E-state index < -0.39 is 16.9 Å². The van der Waals surface area contributed by atoms with E-state index in [1.165, 1.54) is 24.4 Å². The first kappa shape index (κ1) is 11.7. The number of benzene rings is 1. The van der Waals surface area contributed by atoms with Gasteiger partial charge in [-0.15, -0.1) is 0 Å². The molecule has 0 radical (unpaired) electrons. The van der Waals surface area contributed by atoms with Gasteiger partial charge in [0.25, 0.3) is 5.69 Å². The number of carbonyl (C=O) groups excluding carboxylic acids is 2. The minimum Gasteiger partial charge on any atom is -0.275 e. The summed E-state index contributed by atoms with van der Waals surface area (Å²) in [6.07, 6.45) is 1.18. The molecular formula is C10H8N4O4. The molecule has 1 aromatic carbocycles. The number of imide groups is 1. The van der Waals surface area contributed by atoms with Crippen molar-refractivity contribution in [2.45, 2.75) is 0 Å². The van der Waals surface area contributed by atoms with Crippen molar-refractivity contribution in [2.75, 3.05) is 6.54 Å². The van der Waals surface area contributed by atoms with Crippen molar-refractivity contribution >= 4 is 23.8 Å². The van der Waals surface area contributed by atoms with E-state index in [1.807, 2.05) is 5.32 Å². The highest BCUT2D eigenvalue weighted by Crippen LogP contribution is 2.15. The minimum absolute atomic E-state index is 0.118. The molecule has 0 aliphatic carbocycles. The third kappa shape index (κ3) is 2.32. The van der Waals surface area contributed by atoms with Gasteiger partial charge in [0.05, 0.1) is 16.7 Å².